The second kappa shape index (κ2) is 7.61. The highest BCUT2D eigenvalue weighted by molar-refractivity contribution is 7.89. The Morgan fingerprint density at radius 1 is 1.30 bits per heavy atom. The third-order valence-electron chi connectivity index (χ3n) is 3.05. The highest BCUT2D eigenvalue weighted by Gasteiger charge is 2.21. The SMILES string of the molecule is CCC(C)CNS(=O)(=O)c1cc(Cl)cc(CNC)c1Cl. The Balaban J connectivity index is 3.11. The topological polar surface area (TPSA) is 58.2 Å². The molecule has 1 unspecified atom stereocenters. The molecule has 0 radical (unpaired) electrons. The number of sulfonamides is 1. The van der Waals surface area contributed by atoms with E-state index in [0.29, 0.717) is 23.7 Å². The van der Waals surface area contributed by atoms with Crippen LogP contribution in [-0.4, -0.2) is 22.0 Å². The average molecular weight is 339 g/mol. The van der Waals surface area contributed by atoms with Gasteiger partial charge >= 0.3 is 0 Å². The predicted octanol–water partition coefficient (Wildman–Crippen LogP) is 3.04. The number of hydrogen-bond acceptors (Lipinski definition) is 3. The first-order valence-electron chi connectivity index (χ1n) is 6.44. The van der Waals surface area contributed by atoms with Gasteiger partial charge in [-0.05, 0) is 30.7 Å². The van der Waals surface area contributed by atoms with Crippen molar-refractivity contribution in [2.45, 2.75) is 31.7 Å². The lowest BCUT2D eigenvalue weighted by molar-refractivity contribution is 0.528. The molecule has 0 amide bonds. The third kappa shape index (κ3) is 4.60. The lowest BCUT2D eigenvalue weighted by atomic mass is 10.1. The molecule has 0 aliphatic rings. The van der Waals surface area contributed by atoms with Crippen LogP contribution in [0.1, 0.15) is 25.8 Å². The van der Waals surface area contributed by atoms with Gasteiger partial charge in [-0.1, -0.05) is 43.5 Å². The standard InChI is InChI=1S/C13H20Cl2N2O2S/c1-4-9(2)7-17-20(18,19)12-6-11(14)5-10(8-16-3)13(12)15/h5-6,9,16-17H,4,7-8H2,1-3H3. The molecule has 0 heterocycles. The molecule has 0 fully saturated rings. The summed E-state index contributed by atoms with van der Waals surface area (Å²) in [6, 6.07) is 3.04. The zero-order valence-electron chi connectivity index (χ0n) is 11.8. The van der Waals surface area contributed by atoms with Crippen LogP contribution in [0.5, 0.6) is 0 Å². The van der Waals surface area contributed by atoms with E-state index in [2.05, 4.69) is 10.0 Å². The number of benzene rings is 1. The summed E-state index contributed by atoms with van der Waals surface area (Å²) in [5.41, 5.74) is 0.658. The summed E-state index contributed by atoms with van der Waals surface area (Å²) < 4.78 is 27.2. The van der Waals surface area contributed by atoms with Gasteiger partial charge in [0, 0.05) is 18.1 Å². The van der Waals surface area contributed by atoms with E-state index in [1.807, 2.05) is 13.8 Å². The largest absolute Gasteiger partial charge is 0.316 e. The van der Waals surface area contributed by atoms with Gasteiger partial charge in [-0.15, -0.1) is 0 Å². The monoisotopic (exact) mass is 338 g/mol. The molecular weight excluding hydrogens is 319 g/mol. The fourth-order valence-corrected chi connectivity index (χ4v) is 3.70. The maximum atomic E-state index is 12.3. The Kier molecular flexibility index (Phi) is 6.75. The predicted molar refractivity (Wildman–Crippen MR) is 83.9 cm³/mol. The average Bonchev–Trinajstić information content (AvgIpc) is 2.40. The lowest BCUT2D eigenvalue weighted by Gasteiger charge is -2.14. The van der Waals surface area contributed by atoms with Gasteiger partial charge < -0.3 is 5.32 Å². The Morgan fingerprint density at radius 3 is 2.50 bits per heavy atom. The maximum absolute atomic E-state index is 12.3. The van der Waals surface area contributed by atoms with Crippen LogP contribution in [0.2, 0.25) is 10.0 Å². The minimum Gasteiger partial charge on any atom is -0.316 e. The first-order valence-corrected chi connectivity index (χ1v) is 8.67. The summed E-state index contributed by atoms with van der Waals surface area (Å²) in [4.78, 5) is 0.0280. The molecule has 0 saturated carbocycles. The summed E-state index contributed by atoms with van der Waals surface area (Å²) >= 11 is 12.2. The molecule has 0 saturated heterocycles. The molecule has 114 valence electrons. The van der Waals surface area contributed by atoms with Gasteiger partial charge in [0.05, 0.1) is 5.02 Å². The van der Waals surface area contributed by atoms with Crippen molar-refractivity contribution in [3.05, 3.63) is 27.7 Å². The number of hydrogen-bond donors (Lipinski definition) is 2. The van der Waals surface area contributed by atoms with Crippen LogP contribution in [0.3, 0.4) is 0 Å². The van der Waals surface area contributed by atoms with Crippen molar-refractivity contribution >= 4 is 33.2 Å². The molecule has 1 aromatic carbocycles. The van der Waals surface area contributed by atoms with Gasteiger partial charge in [-0.2, -0.15) is 0 Å². The second-order valence-corrected chi connectivity index (χ2v) is 7.32. The molecule has 2 N–H and O–H groups in total. The molecule has 0 spiro atoms. The molecule has 1 atom stereocenters. The van der Waals surface area contributed by atoms with Crippen LogP contribution in [0.4, 0.5) is 0 Å². The zero-order chi connectivity index (χ0) is 15.3. The quantitative estimate of drug-likeness (QED) is 0.803. The summed E-state index contributed by atoms with van der Waals surface area (Å²) in [5, 5.41) is 3.49. The zero-order valence-corrected chi connectivity index (χ0v) is 14.2. The lowest BCUT2D eigenvalue weighted by Crippen LogP contribution is -2.28. The van der Waals surface area contributed by atoms with Gasteiger partial charge in [-0.25, -0.2) is 13.1 Å². The molecule has 0 aliphatic carbocycles. The van der Waals surface area contributed by atoms with Crippen molar-refractivity contribution in [1.82, 2.24) is 10.0 Å². The Morgan fingerprint density at radius 2 is 1.95 bits per heavy atom. The van der Waals surface area contributed by atoms with E-state index in [0.717, 1.165) is 6.42 Å². The molecule has 0 aliphatic heterocycles. The van der Waals surface area contributed by atoms with Gasteiger partial charge in [-0.3, -0.25) is 0 Å². The highest BCUT2D eigenvalue weighted by Crippen LogP contribution is 2.29. The number of nitrogens with one attached hydrogen (secondary N) is 2. The second-order valence-electron chi connectivity index (χ2n) is 4.77. The first-order chi connectivity index (χ1) is 9.31. The molecule has 7 heteroatoms. The van der Waals surface area contributed by atoms with Gasteiger partial charge in [0.25, 0.3) is 0 Å². The molecule has 0 bridgehead atoms. The summed E-state index contributed by atoms with van der Waals surface area (Å²) in [7, 11) is -1.90. The van der Waals surface area contributed by atoms with Crippen LogP contribution in [0, 0.1) is 5.92 Å². The molecule has 0 aromatic heterocycles. The van der Waals surface area contributed by atoms with E-state index >= 15 is 0 Å². The first kappa shape index (κ1) is 17.7. The normalized spacial score (nSPS) is 13.4. The van der Waals surface area contributed by atoms with E-state index in [1.54, 1.807) is 13.1 Å². The van der Waals surface area contributed by atoms with Gasteiger partial charge in [0.1, 0.15) is 4.90 Å². The molecule has 20 heavy (non-hydrogen) atoms. The summed E-state index contributed by atoms with van der Waals surface area (Å²) in [6.45, 7) is 4.82. The van der Waals surface area contributed by atoms with Crippen molar-refractivity contribution in [2.75, 3.05) is 13.6 Å². The van der Waals surface area contributed by atoms with E-state index in [9.17, 15) is 8.42 Å². The Bertz CT molecular complexity index is 562. The van der Waals surface area contributed by atoms with E-state index < -0.39 is 10.0 Å². The van der Waals surface area contributed by atoms with Crippen LogP contribution in [-0.2, 0) is 16.6 Å². The van der Waals surface area contributed by atoms with Crippen LogP contribution in [0.25, 0.3) is 0 Å². The van der Waals surface area contributed by atoms with Crippen molar-refractivity contribution < 1.29 is 8.42 Å². The van der Waals surface area contributed by atoms with Crippen molar-refractivity contribution in [1.29, 1.82) is 0 Å². The molecule has 1 aromatic rings. The molecular formula is C13H20Cl2N2O2S. The van der Waals surface area contributed by atoms with E-state index in [-0.39, 0.29) is 15.8 Å². The summed E-state index contributed by atoms with van der Waals surface area (Å²) in [6.07, 6.45) is 0.900. The fourth-order valence-electron chi connectivity index (χ4n) is 1.61. The Hall–Kier alpha value is -0.330. The van der Waals surface area contributed by atoms with Crippen molar-refractivity contribution in [3.8, 4) is 0 Å². The molecule has 4 nitrogen and oxygen atoms in total. The number of rotatable bonds is 7. The van der Waals surface area contributed by atoms with Crippen molar-refractivity contribution in [3.63, 3.8) is 0 Å². The minimum absolute atomic E-state index is 0.0280. The highest BCUT2D eigenvalue weighted by atomic mass is 35.5. The molecule has 1 rings (SSSR count). The van der Waals surface area contributed by atoms with E-state index in [4.69, 9.17) is 23.2 Å². The summed E-state index contributed by atoms with van der Waals surface area (Å²) in [5.74, 6) is 0.263. The van der Waals surface area contributed by atoms with Crippen LogP contribution < -0.4 is 10.0 Å². The van der Waals surface area contributed by atoms with Gasteiger partial charge in [0.15, 0.2) is 0 Å². The minimum atomic E-state index is -3.65. The van der Waals surface area contributed by atoms with Crippen molar-refractivity contribution in [2.24, 2.45) is 5.92 Å². The Labute approximate surface area is 130 Å². The number of halogens is 2. The van der Waals surface area contributed by atoms with Gasteiger partial charge in [0.2, 0.25) is 10.0 Å². The fraction of sp³-hybridized carbons (Fsp3) is 0.538. The van der Waals surface area contributed by atoms with Crippen LogP contribution >= 0.6 is 23.2 Å². The maximum Gasteiger partial charge on any atom is 0.242 e. The van der Waals surface area contributed by atoms with E-state index in [1.165, 1.54) is 6.07 Å². The van der Waals surface area contributed by atoms with Crippen LogP contribution in [0.15, 0.2) is 17.0 Å². The smallest absolute Gasteiger partial charge is 0.242 e. The third-order valence-corrected chi connectivity index (χ3v) is 5.28.